The van der Waals surface area contributed by atoms with Gasteiger partial charge in [-0.15, -0.1) is 0 Å². The Morgan fingerprint density at radius 2 is 2.00 bits per heavy atom. The topological polar surface area (TPSA) is 52.8 Å². The molecular formula is C8H7F2NO2. The molecule has 0 radical (unpaired) electrons. The van der Waals surface area contributed by atoms with Crippen LogP contribution >= 0.6 is 0 Å². The Morgan fingerprint density at radius 3 is 2.46 bits per heavy atom. The van der Waals surface area contributed by atoms with Gasteiger partial charge in [-0.25, -0.2) is 8.78 Å². The minimum absolute atomic E-state index is 0.112. The Morgan fingerprint density at radius 1 is 1.31 bits per heavy atom. The van der Waals surface area contributed by atoms with Crippen LogP contribution in [0.1, 0.15) is 5.56 Å². The molecule has 3 nitrogen and oxygen atoms in total. The van der Waals surface area contributed by atoms with E-state index in [4.69, 9.17) is 10.3 Å². The number of aliphatic hydroxyl groups is 1. The predicted octanol–water partition coefficient (Wildman–Crippen LogP) is 1.14. The van der Waals surface area contributed by atoms with E-state index in [0.717, 1.165) is 12.1 Å². The zero-order chi connectivity index (χ0) is 9.84. The lowest BCUT2D eigenvalue weighted by Gasteiger charge is -2.00. The van der Waals surface area contributed by atoms with Gasteiger partial charge in [0, 0.05) is 5.56 Å². The van der Waals surface area contributed by atoms with Crippen LogP contribution in [0.2, 0.25) is 0 Å². The maximum atomic E-state index is 12.6. The van der Waals surface area contributed by atoms with Crippen molar-refractivity contribution in [1.29, 1.82) is 0 Å². The molecule has 1 aromatic rings. The summed E-state index contributed by atoms with van der Waals surface area (Å²) < 4.78 is 25.0. The number of nitrogens with zero attached hydrogens (tertiary/aromatic N) is 1. The van der Waals surface area contributed by atoms with E-state index in [-0.39, 0.29) is 11.3 Å². The molecule has 0 fully saturated rings. The van der Waals surface area contributed by atoms with Gasteiger partial charge in [0.05, 0.1) is 6.61 Å². The second-order valence-electron chi connectivity index (χ2n) is 2.33. The number of rotatable bonds is 2. The number of oxime groups is 1. The Labute approximate surface area is 72.9 Å². The van der Waals surface area contributed by atoms with Crippen LogP contribution in [-0.4, -0.2) is 22.6 Å². The fraction of sp³-hybridized carbons (Fsp3) is 0.125. The highest BCUT2D eigenvalue weighted by molar-refractivity contribution is 6.00. The molecule has 1 aromatic carbocycles. The molecule has 0 aliphatic heterocycles. The summed E-state index contributed by atoms with van der Waals surface area (Å²) in [6, 6.07) is 2.95. The molecule has 0 amide bonds. The normalized spacial score (nSPS) is 11.8. The Kier molecular flexibility index (Phi) is 2.92. The van der Waals surface area contributed by atoms with Gasteiger partial charge in [-0.05, 0) is 18.2 Å². The van der Waals surface area contributed by atoms with Gasteiger partial charge in [0.1, 0.15) is 5.71 Å². The summed E-state index contributed by atoms with van der Waals surface area (Å²) in [7, 11) is 0. The molecule has 5 heteroatoms. The molecule has 0 atom stereocenters. The zero-order valence-corrected chi connectivity index (χ0v) is 6.54. The molecule has 0 saturated heterocycles. The average molecular weight is 187 g/mol. The number of halogens is 2. The summed E-state index contributed by atoms with van der Waals surface area (Å²) in [4.78, 5) is 0. The highest BCUT2D eigenvalue weighted by Gasteiger charge is 2.07. The van der Waals surface area contributed by atoms with Crippen molar-refractivity contribution in [2.24, 2.45) is 5.16 Å². The molecule has 0 aliphatic rings. The third-order valence-electron chi connectivity index (χ3n) is 1.52. The highest BCUT2D eigenvalue weighted by Crippen LogP contribution is 2.09. The van der Waals surface area contributed by atoms with E-state index in [1.807, 2.05) is 0 Å². The second kappa shape index (κ2) is 3.95. The first kappa shape index (κ1) is 9.60. The van der Waals surface area contributed by atoms with Crippen molar-refractivity contribution in [2.45, 2.75) is 0 Å². The summed E-state index contributed by atoms with van der Waals surface area (Å²) in [5, 5.41) is 19.7. The van der Waals surface area contributed by atoms with Gasteiger partial charge < -0.3 is 10.3 Å². The van der Waals surface area contributed by atoms with E-state index in [1.54, 1.807) is 0 Å². The van der Waals surface area contributed by atoms with Crippen LogP contribution in [0.15, 0.2) is 23.4 Å². The monoisotopic (exact) mass is 187 g/mol. The number of benzene rings is 1. The Balaban J connectivity index is 3.10. The van der Waals surface area contributed by atoms with Crippen molar-refractivity contribution in [3.8, 4) is 0 Å². The Bertz CT molecular complexity index is 339. The molecule has 0 heterocycles. The van der Waals surface area contributed by atoms with Crippen LogP contribution in [0.25, 0.3) is 0 Å². The zero-order valence-electron chi connectivity index (χ0n) is 6.54. The van der Waals surface area contributed by atoms with Crippen molar-refractivity contribution in [1.82, 2.24) is 0 Å². The SMILES string of the molecule is OC/C(=N/O)c1ccc(F)c(F)c1. The number of hydrogen-bond donors (Lipinski definition) is 2. The van der Waals surface area contributed by atoms with Gasteiger partial charge in [-0.2, -0.15) is 0 Å². The third kappa shape index (κ3) is 2.00. The van der Waals surface area contributed by atoms with Crippen LogP contribution < -0.4 is 0 Å². The standard InChI is InChI=1S/C8H7F2NO2/c9-6-2-1-5(3-7(6)10)8(4-12)11-13/h1-3,12-13H,4H2/b11-8-. The van der Waals surface area contributed by atoms with Crippen LogP contribution in [-0.2, 0) is 0 Å². The van der Waals surface area contributed by atoms with E-state index in [9.17, 15) is 8.78 Å². The second-order valence-corrected chi connectivity index (χ2v) is 2.33. The predicted molar refractivity (Wildman–Crippen MR) is 41.8 cm³/mol. The lowest BCUT2D eigenvalue weighted by Crippen LogP contribution is -2.07. The van der Waals surface area contributed by atoms with E-state index in [1.165, 1.54) is 6.07 Å². The molecule has 1 rings (SSSR count). The molecule has 0 spiro atoms. The highest BCUT2D eigenvalue weighted by atomic mass is 19.2. The largest absolute Gasteiger partial charge is 0.411 e. The van der Waals surface area contributed by atoms with Gasteiger partial charge in [-0.3, -0.25) is 0 Å². The van der Waals surface area contributed by atoms with E-state index >= 15 is 0 Å². The third-order valence-corrected chi connectivity index (χ3v) is 1.52. The molecule has 70 valence electrons. The summed E-state index contributed by atoms with van der Waals surface area (Å²) in [6.07, 6.45) is 0. The molecule has 13 heavy (non-hydrogen) atoms. The first-order valence-corrected chi connectivity index (χ1v) is 3.46. The Hall–Kier alpha value is -1.49. The number of aliphatic hydroxyl groups excluding tert-OH is 1. The van der Waals surface area contributed by atoms with Crippen molar-refractivity contribution in [3.63, 3.8) is 0 Å². The fourth-order valence-corrected chi connectivity index (χ4v) is 0.856. The lowest BCUT2D eigenvalue weighted by atomic mass is 10.1. The van der Waals surface area contributed by atoms with E-state index in [0.29, 0.717) is 0 Å². The lowest BCUT2D eigenvalue weighted by molar-refractivity contribution is 0.303. The summed E-state index contributed by atoms with van der Waals surface area (Å²) >= 11 is 0. The molecule has 0 saturated carbocycles. The van der Waals surface area contributed by atoms with Gasteiger partial charge in [0.15, 0.2) is 11.6 Å². The maximum Gasteiger partial charge on any atom is 0.159 e. The molecule has 0 aromatic heterocycles. The summed E-state index contributed by atoms with van der Waals surface area (Å²) in [5.74, 6) is -2.04. The summed E-state index contributed by atoms with van der Waals surface area (Å²) in [5.41, 5.74) is 0.0304. The van der Waals surface area contributed by atoms with Crippen molar-refractivity contribution < 1.29 is 19.1 Å². The van der Waals surface area contributed by atoms with Gasteiger partial charge in [-0.1, -0.05) is 5.16 Å². The fourth-order valence-electron chi connectivity index (χ4n) is 0.856. The first-order valence-electron chi connectivity index (χ1n) is 3.46. The van der Waals surface area contributed by atoms with Gasteiger partial charge >= 0.3 is 0 Å². The number of hydrogen-bond acceptors (Lipinski definition) is 3. The quantitative estimate of drug-likeness (QED) is 0.414. The molecule has 2 N–H and O–H groups in total. The first-order chi connectivity index (χ1) is 6.19. The van der Waals surface area contributed by atoms with Gasteiger partial charge in [0.2, 0.25) is 0 Å². The van der Waals surface area contributed by atoms with Gasteiger partial charge in [0.25, 0.3) is 0 Å². The van der Waals surface area contributed by atoms with Crippen LogP contribution in [0.3, 0.4) is 0 Å². The average Bonchev–Trinajstić information content (AvgIpc) is 2.13. The maximum absolute atomic E-state index is 12.6. The van der Waals surface area contributed by atoms with Crippen molar-refractivity contribution in [2.75, 3.05) is 6.61 Å². The molecule has 0 bridgehead atoms. The van der Waals surface area contributed by atoms with Crippen LogP contribution in [0.5, 0.6) is 0 Å². The minimum atomic E-state index is -1.05. The molecule has 0 aliphatic carbocycles. The van der Waals surface area contributed by atoms with Crippen LogP contribution in [0.4, 0.5) is 8.78 Å². The van der Waals surface area contributed by atoms with Crippen molar-refractivity contribution in [3.05, 3.63) is 35.4 Å². The van der Waals surface area contributed by atoms with E-state index < -0.39 is 18.2 Å². The van der Waals surface area contributed by atoms with E-state index in [2.05, 4.69) is 5.16 Å². The summed E-state index contributed by atoms with van der Waals surface area (Å²) in [6.45, 7) is -0.540. The van der Waals surface area contributed by atoms with Crippen LogP contribution in [0, 0.1) is 11.6 Å². The minimum Gasteiger partial charge on any atom is -0.411 e. The molecular weight excluding hydrogens is 180 g/mol. The smallest absolute Gasteiger partial charge is 0.159 e. The van der Waals surface area contributed by atoms with Crippen molar-refractivity contribution >= 4 is 5.71 Å². The molecule has 0 unspecified atom stereocenters.